The first-order valence-electron chi connectivity index (χ1n) is 9.77. The zero-order chi connectivity index (χ0) is 20.3. The van der Waals surface area contributed by atoms with E-state index in [1.54, 1.807) is 0 Å². The lowest BCUT2D eigenvalue weighted by Crippen LogP contribution is -2.51. The van der Waals surface area contributed by atoms with Crippen molar-refractivity contribution in [3.8, 4) is 0 Å². The maximum absolute atomic E-state index is 12.4. The number of rotatable bonds is 3. The number of benzene rings is 2. The van der Waals surface area contributed by atoms with E-state index in [-0.39, 0.29) is 12.1 Å². The van der Waals surface area contributed by atoms with Crippen LogP contribution in [0.15, 0.2) is 53.0 Å². The Balaban J connectivity index is 1.78. The maximum Gasteiger partial charge on any atom is 0.410 e. The molecule has 1 heterocycles. The average Bonchev–Trinajstić information content (AvgIpc) is 2.64. The molecule has 1 unspecified atom stereocenters. The first-order valence-corrected chi connectivity index (χ1v) is 10.6. The van der Waals surface area contributed by atoms with Gasteiger partial charge in [-0.1, -0.05) is 57.9 Å². The van der Waals surface area contributed by atoms with Crippen molar-refractivity contribution in [1.29, 1.82) is 0 Å². The smallest absolute Gasteiger partial charge is 0.410 e. The van der Waals surface area contributed by atoms with Gasteiger partial charge < -0.3 is 9.64 Å². The molecule has 1 aliphatic heterocycles. The van der Waals surface area contributed by atoms with Crippen LogP contribution in [0.4, 0.5) is 4.79 Å². The number of hydrogen-bond donors (Lipinski definition) is 0. The van der Waals surface area contributed by atoms with Crippen LogP contribution in [0.1, 0.15) is 43.5 Å². The van der Waals surface area contributed by atoms with Crippen LogP contribution in [0.3, 0.4) is 0 Å². The lowest BCUT2D eigenvalue weighted by atomic mass is 9.95. The molecule has 0 aromatic heterocycles. The number of carbonyl (C=O) groups excluding carboxylic acids is 1. The molecular formula is C23H29BrN2O2. The van der Waals surface area contributed by atoms with E-state index in [1.165, 1.54) is 16.7 Å². The van der Waals surface area contributed by atoms with Crippen LogP contribution in [0.5, 0.6) is 0 Å². The zero-order valence-corrected chi connectivity index (χ0v) is 18.7. The Kier molecular flexibility index (Phi) is 6.46. The molecule has 1 saturated heterocycles. The molecular weight excluding hydrogens is 416 g/mol. The van der Waals surface area contributed by atoms with E-state index in [0.29, 0.717) is 13.1 Å². The highest BCUT2D eigenvalue weighted by Gasteiger charge is 2.30. The predicted molar refractivity (Wildman–Crippen MR) is 117 cm³/mol. The largest absolute Gasteiger partial charge is 0.444 e. The molecule has 1 fully saturated rings. The zero-order valence-electron chi connectivity index (χ0n) is 17.1. The second kappa shape index (κ2) is 8.66. The van der Waals surface area contributed by atoms with Crippen molar-refractivity contribution >= 4 is 22.0 Å². The van der Waals surface area contributed by atoms with Gasteiger partial charge in [0.15, 0.2) is 0 Å². The molecule has 0 radical (unpaired) electrons. The molecule has 2 aromatic carbocycles. The second-order valence-corrected chi connectivity index (χ2v) is 9.28. The molecule has 4 nitrogen and oxygen atoms in total. The first-order chi connectivity index (χ1) is 13.2. The van der Waals surface area contributed by atoms with Crippen molar-refractivity contribution in [1.82, 2.24) is 9.80 Å². The van der Waals surface area contributed by atoms with Crippen LogP contribution >= 0.6 is 15.9 Å². The number of amides is 1. The van der Waals surface area contributed by atoms with Crippen LogP contribution in [0.2, 0.25) is 0 Å². The molecule has 1 amide bonds. The summed E-state index contributed by atoms with van der Waals surface area (Å²) in [5.74, 6) is 0. The van der Waals surface area contributed by atoms with E-state index in [0.717, 1.165) is 17.6 Å². The third-order valence-electron chi connectivity index (χ3n) is 4.91. The minimum atomic E-state index is -0.462. The molecule has 150 valence electrons. The molecule has 5 heteroatoms. The Labute approximate surface area is 176 Å². The van der Waals surface area contributed by atoms with E-state index < -0.39 is 5.60 Å². The normalized spacial score (nSPS) is 16.7. The van der Waals surface area contributed by atoms with Crippen molar-refractivity contribution in [3.05, 3.63) is 69.7 Å². The topological polar surface area (TPSA) is 32.8 Å². The minimum absolute atomic E-state index is 0.175. The van der Waals surface area contributed by atoms with Gasteiger partial charge in [-0.2, -0.15) is 0 Å². The third kappa shape index (κ3) is 5.36. The van der Waals surface area contributed by atoms with Crippen molar-refractivity contribution in [2.75, 3.05) is 26.2 Å². The van der Waals surface area contributed by atoms with Crippen LogP contribution in [-0.2, 0) is 4.74 Å². The number of piperazine rings is 1. The van der Waals surface area contributed by atoms with E-state index in [2.05, 4.69) is 76.3 Å². The van der Waals surface area contributed by atoms with Crippen molar-refractivity contribution in [2.24, 2.45) is 0 Å². The molecule has 2 aromatic rings. The fourth-order valence-corrected chi connectivity index (χ4v) is 3.76. The molecule has 0 spiro atoms. The van der Waals surface area contributed by atoms with Crippen molar-refractivity contribution < 1.29 is 9.53 Å². The summed E-state index contributed by atoms with van der Waals surface area (Å²) < 4.78 is 6.61. The first kappa shape index (κ1) is 20.9. The highest BCUT2D eigenvalue weighted by molar-refractivity contribution is 9.10. The lowest BCUT2D eigenvalue weighted by molar-refractivity contribution is 0.0119. The van der Waals surface area contributed by atoms with Gasteiger partial charge in [0, 0.05) is 30.7 Å². The number of ether oxygens (including phenoxy) is 1. The lowest BCUT2D eigenvalue weighted by Gasteiger charge is -2.40. The number of halogens is 1. The summed E-state index contributed by atoms with van der Waals surface area (Å²) in [6.45, 7) is 10.8. The fraction of sp³-hybridized carbons (Fsp3) is 0.435. The summed E-state index contributed by atoms with van der Waals surface area (Å²) in [6.07, 6.45) is -0.220. The summed E-state index contributed by atoms with van der Waals surface area (Å²) in [5, 5.41) is 0. The molecule has 28 heavy (non-hydrogen) atoms. The van der Waals surface area contributed by atoms with Gasteiger partial charge in [-0.05, 0) is 51.0 Å². The third-order valence-corrected chi connectivity index (χ3v) is 5.44. The Morgan fingerprint density at radius 3 is 1.93 bits per heavy atom. The van der Waals surface area contributed by atoms with E-state index in [1.807, 2.05) is 25.7 Å². The van der Waals surface area contributed by atoms with Crippen molar-refractivity contribution in [2.45, 2.75) is 39.3 Å². The quantitative estimate of drug-likeness (QED) is 0.634. The highest BCUT2D eigenvalue weighted by atomic mass is 79.9. The summed E-state index contributed by atoms with van der Waals surface area (Å²) in [5.41, 5.74) is 3.33. The predicted octanol–water partition coefficient (Wildman–Crippen LogP) is 5.40. The number of aryl methyl sites for hydroxylation is 1. The van der Waals surface area contributed by atoms with Gasteiger partial charge >= 0.3 is 6.09 Å². The number of hydrogen-bond acceptors (Lipinski definition) is 3. The average molecular weight is 445 g/mol. The highest BCUT2D eigenvalue weighted by Crippen LogP contribution is 2.31. The van der Waals surface area contributed by atoms with Crippen LogP contribution < -0.4 is 0 Å². The Morgan fingerprint density at radius 1 is 0.929 bits per heavy atom. The standard InChI is InChI=1S/C23H29BrN2O2/c1-17-5-7-18(8-6-17)21(19-9-11-20(24)12-10-19)25-13-15-26(16-14-25)22(27)28-23(2,3)4/h5-12,21H,13-16H2,1-4H3. The van der Waals surface area contributed by atoms with Crippen LogP contribution in [0, 0.1) is 6.92 Å². The van der Waals surface area contributed by atoms with Crippen molar-refractivity contribution in [3.63, 3.8) is 0 Å². The van der Waals surface area contributed by atoms with Gasteiger partial charge in [0.25, 0.3) is 0 Å². The number of carbonyl (C=O) groups is 1. The summed E-state index contributed by atoms with van der Waals surface area (Å²) in [7, 11) is 0. The van der Waals surface area contributed by atoms with Crippen LogP contribution in [-0.4, -0.2) is 47.7 Å². The van der Waals surface area contributed by atoms with Gasteiger partial charge in [0.05, 0.1) is 6.04 Å². The fourth-order valence-electron chi connectivity index (χ4n) is 3.50. The van der Waals surface area contributed by atoms with Gasteiger partial charge in [0.2, 0.25) is 0 Å². The van der Waals surface area contributed by atoms with Gasteiger partial charge in [-0.25, -0.2) is 4.79 Å². The molecule has 0 saturated carbocycles. The SMILES string of the molecule is Cc1ccc(C(c2ccc(Br)cc2)N2CCN(C(=O)OC(C)(C)C)CC2)cc1. The Bertz CT molecular complexity index is 743. The molecule has 0 aliphatic carbocycles. The Morgan fingerprint density at radius 2 is 1.43 bits per heavy atom. The monoisotopic (exact) mass is 444 g/mol. The second-order valence-electron chi connectivity index (χ2n) is 8.37. The molecule has 0 bridgehead atoms. The molecule has 1 atom stereocenters. The summed E-state index contributed by atoms with van der Waals surface area (Å²) in [4.78, 5) is 16.7. The van der Waals surface area contributed by atoms with Gasteiger partial charge in [-0.3, -0.25) is 4.90 Å². The summed E-state index contributed by atoms with van der Waals surface area (Å²) >= 11 is 3.53. The number of nitrogens with zero attached hydrogens (tertiary/aromatic N) is 2. The maximum atomic E-state index is 12.4. The van der Waals surface area contributed by atoms with E-state index >= 15 is 0 Å². The van der Waals surface area contributed by atoms with E-state index in [9.17, 15) is 4.79 Å². The van der Waals surface area contributed by atoms with Crippen LogP contribution in [0.25, 0.3) is 0 Å². The molecule has 0 N–H and O–H groups in total. The Hall–Kier alpha value is -1.85. The van der Waals surface area contributed by atoms with Gasteiger partial charge in [0.1, 0.15) is 5.60 Å². The summed E-state index contributed by atoms with van der Waals surface area (Å²) in [6, 6.07) is 17.5. The minimum Gasteiger partial charge on any atom is -0.444 e. The van der Waals surface area contributed by atoms with Gasteiger partial charge in [-0.15, -0.1) is 0 Å². The molecule has 3 rings (SSSR count). The van der Waals surface area contributed by atoms with E-state index in [4.69, 9.17) is 4.74 Å². The molecule has 1 aliphatic rings.